The molecule has 4 heteroatoms. The van der Waals surface area contributed by atoms with E-state index in [-0.39, 0.29) is 0 Å². The summed E-state index contributed by atoms with van der Waals surface area (Å²) < 4.78 is 20.8. The highest BCUT2D eigenvalue weighted by molar-refractivity contribution is 14.1. The molecule has 0 spiro atoms. The second kappa shape index (κ2) is 5.97. The Kier molecular flexibility index (Phi) is 6.59. The van der Waals surface area contributed by atoms with Crippen LogP contribution in [0, 0.1) is 0 Å². The van der Waals surface area contributed by atoms with Gasteiger partial charge in [0.1, 0.15) is 0 Å². The van der Waals surface area contributed by atoms with Crippen molar-refractivity contribution in [3.63, 3.8) is 0 Å². The van der Waals surface area contributed by atoms with Crippen LogP contribution in [0.5, 0.6) is 0 Å². The molecule has 0 aromatic heterocycles. The van der Waals surface area contributed by atoms with Gasteiger partial charge in [0.2, 0.25) is 0 Å². The Labute approximate surface area is 65.5 Å². The van der Waals surface area contributed by atoms with Crippen molar-refractivity contribution < 1.29 is 8.76 Å². The predicted molar refractivity (Wildman–Crippen MR) is 41.9 cm³/mol. The van der Waals surface area contributed by atoms with Gasteiger partial charge in [-0.05, 0) is 17.3 Å². The van der Waals surface area contributed by atoms with Gasteiger partial charge in [-0.2, -0.15) is 0 Å². The lowest BCUT2D eigenvalue weighted by atomic mass is 10.4. The van der Waals surface area contributed by atoms with E-state index in [2.05, 4.69) is 22.6 Å². The summed E-state index contributed by atoms with van der Waals surface area (Å²) in [5.41, 5.74) is 0. The van der Waals surface area contributed by atoms with Gasteiger partial charge in [-0.15, -0.1) is 0 Å². The van der Waals surface area contributed by atoms with Crippen molar-refractivity contribution in [2.75, 3.05) is 10.2 Å². The van der Waals surface area contributed by atoms with E-state index in [0.717, 1.165) is 17.3 Å². The highest BCUT2D eigenvalue weighted by Crippen LogP contribution is 1.94. The van der Waals surface area contributed by atoms with Crippen molar-refractivity contribution in [2.24, 2.45) is 0 Å². The molecule has 0 aromatic carbocycles. The number of rotatable bonds is 4. The van der Waals surface area contributed by atoms with Gasteiger partial charge in [-0.1, -0.05) is 33.7 Å². The van der Waals surface area contributed by atoms with E-state index in [1.165, 1.54) is 0 Å². The molecule has 0 aromatic rings. The average molecular weight is 247 g/mol. The molecule has 50 valence electrons. The number of alkyl halides is 1. The lowest BCUT2D eigenvalue weighted by molar-refractivity contribution is 0.534. The highest BCUT2D eigenvalue weighted by atomic mass is 127. The van der Waals surface area contributed by atoms with E-state index >= 15 is 0 Å². The van der Waals surface area contributed by atoms with Crippen LogP contribution in [0.15, 0.2) is 0 Å². The standard InChI is InChI=1S/C4H9IO2S/c5-3-1-2-4-8(6)7/h1-4H2,(H,6,7)/p-1. The van der Waals surface area contributed by atoms with Crippen molar-refractivity contribution in [1.82, 2.24) is 0 Å². The Hall–Kier alpha value is 0.840. The van der Waals surface area contributed by atoms with Crippen LogP contribution in [0.3, 0.4) is 0 Å². The molecular weight excluding hydrogens is 239 g/mol. The molecule has 0 saturated heterocycles. The lowest BCUT2D eigenvalue weighted by Crippen LogP contribution is -1.94. The van der Waals surface area contributed by atoms with Crippen molar-refractivity contribution in [2.45, 2.75) is 12.8 Å². The molecular formula is C4H8IO2S-. The molecule has 0 aliphatic rings. The summed E-state index contributed by atoms with van der Waals surface area (Å²) in [7, 11) is 0. The summed E-state index contributed by atoms with van der Waals surface area (Å²) in [6, 6.07) is 0. The maximum Gasteiger partial charge on any atom is 0.0102 e. The Balaban J connectivity index is 2.82. The van der Waals surface area contributed by atoms with Gasteiger partial charge in [0.05, 0.1) is 0 Å². The Morgan fingerprint density at radius 2 is 2.12 bits per heavy atom. The molecule has 8 heavy (non-hydrogen) atoms. The molecule has 0 amide bonds. The van der Waals surface area contributed by atoms with Gasteiger partial charge in [-0.3, -0.25) is 4.21 Å². The summed E-state index contributed by atoms with van der Waals surface area (Å²) in [4.78, 5) is 0. The molecule has 0 bridgehead atoms. The van der Waals surface area contributed by atoms with E-state index in [4.69, 9.17) is 0 Å². The highest BCUT2D eigenvalue weighted by Gasteiger charge is 1.83. The lowest BCUT2D eigenvalue weighted by Gasteiger charge is -2.01. The third kappa shape index (κ3) is 6.84. The zero-order chi connectivity index (χ0) is 6.41. The smallest absolute Gasteiger partial charge is 0.0102 e. The minimum Gasteiger partial charge on any atom is -0.772 e. The molecule has 1 unspecified atom stereocenters. The third-order valence-corrected chi connectivity index (χ3v) is 2.08. The van der Waals surface area contributed by atoms with Crippen LogP contribution in [0.25, 0.3) is 0 Å². The van der Waals surface area contributed by atoms with Crippen molar-refractivity contribution in [1.29, 1.82) is 0 Å². The average Bonchev–Trinajstić information content (AvgIpc) is 1.66. The van der Waals surface area contributed by atoms with Crippen LogP contribution in [0.2, 0.25) is 0 Å². The fourth-order valence-corrected chi connectivity index (χ4v) is 1.29. The largest absolute Gasteiger partial charge is 0.772 e. The minimum atomic E-state index is -1.82. The van der Waals surface area contributed by atoms with Gasteiger partial charge in [-0.25, -0.2) is 0 Å². The van der Waals surface area contributed by atoms with Crippen molar-refractivity contribution in [3.8, 4) is 0 Å². The molecule has 0 aliphatic carbocycles. The van der Waals surface area contributed by atoms with E-state index in [0.29, 0.717) is 5.75 Å². The molecule has 0 fully saturated rings. The number of hydrogen-bond acceptors (Lipinski definition) is 2. The molecule has 0 radical (unpaired) electrons. The van der Waals surface area contributed by atoms with E-state index in [1.54, 1.807) is 0 Å². The number of unbranched alkanes of at least 4 members (excludes halogenated alkanes) is 1. The number of hydrogen-bond donors (Lipinski definition) is 0. The molecule has 0 aliphatic heterocycles. The fourth-order valence-electron chi connectivity index (χ4n) is 0.314. The first-order chi connectivity index (χ1) is 3.77. The Morgan fingerprint density at radius 3 is 2.50 bits per heavy atom. The summed E-state index contributed by atoms with van der Waals surface area (Å²) in [6.45, 7) is 0. The van der Waals surface area contributed by atoms with Crippen LogP contribution in [0.1, 0.15) is 12.8 Å². The molecule has 1 atom stereocenters. The maximum absolute atomic E-state index is 9.87. The van der Waals surface area contributed by atoms with Gasteiger partial charge < -0.3 is 4.55 Å². The first-order valence-electron chi connectivity index (χ1n) is 2.39. The second-order valence-corrected chi connectivity index (χ2v) is 3.50. The zero-order valence-electron chi connectivity index (χ0n) is 4.43. The first-order valence-corrected chi connectivity index (χ1v) is 5.16. The third-order valence-electron chi connectivity index (χ3n) is 0.695. The monoisotopic (exact) mass is 247 g/mol. The molecule has 2 nitrogen and oxygen atoms in total. The minimum absolute atomic E-state index is 0.322. The fraction of sp³-hybridized carbons (Fsp3) is 1.00. The molecule has 0 N–H and O–H groups in total. The number of halogens is 1. The van der Waals surface area contributed by atoms with Crippen molar-refractivity contribution in [3.05, 3.63) is 0 Å². The van der Waals surface area contributed by atoms with Gasteiger partial charge in [0.25, 0.3) is 0 Å². The summed E-state index contributed by atoms with van der Waals surface area (Å²) in [5.74, 6) is 0.322. The first kappa shape index (κ1) is 8.84. The van der Waals surface area contributed by atoms with Crippen molar-refractivity contribution >= 4 is 33.7 Å². The SMILES string of the molecule is O=S([O-])CCCCI. The Morgan fingerprint density at radius 1 is 1.50 bits per heavy atom. The normalized spacial score (nSPS) is 13.8. The molecule has 0 rings (SSSR count). The quantitative estimate of drug-likeness (QED) is 0.323. The zero-order valence-corrected chi connectivity index (χ0v) is 7.41. The van der Waals surface area contributed by atoms with E-state index in [1.807, 2.05) is 0 Å². The molecule has 0 heterocycles. The van der Waals surface area contributed by atoms with Crippen LogP contribution in [-0.4, -0.2) is 18.9 Å². The second-order valence-electron chi connectivity index (χ2n) is 1.40. The van der Waals surface area contributed by atoms with Crippen LogP contribution in [0.4, 0.5) is 0 Å². The maximum atomic E-state index is 9.87. The predicted octanol–water partition coefficient (Wildman–Crippen LogP) is 1.08. The molecule has 0 saturated carbocycles. The van der Waals surface area contributed by atoms with Crippen LogP contribution >= 0.6 is 22.6 Å². The van der Waals surface area contributed by atoms with Crippen LogP contribution < -0.4 is 0 Å². The summed E-state index contributed by atoms with van der Waals surface area (Å²) in [6.07, 6.45) is 1.81. The van der Waals surface area contributed by atoms with E-state index in [9.17, 15) is 8.76 Å². The summed E-state index contributed by atoms with van der Waals surface area (Å²) >= 11 is 0.413. The van der Waals surface area contributed by atoms with Gasteiger partial charge in [0, 0.05) is 5.75 Å². The topological polar surface area (TPSA) is 40.1 Å². The summed E-state index contributed by atoms with van der Waals surface area (Å²) in [5, 5.41) is 0. The van der Waals surface area contributed by atoms with E-state index < -0.39 is 11.1 Å². The van der Waals surface area contributed by atoms with Gasteiger partial charge >= 0.3 is 0 Å². The van der Waals surface area contributed by atoms with Gasteiger partial charge in [0.15, 0.2) is 0 Å². The van der Waals surface area contributed by atoms with Crippen LogP contribution in [-0.2, 0) is 11.1 Å². The Bertz CT molecular complexity index is 76.4.